The maximum atomic E-state index is 13.6. The summed E-state index contributed by atoms with van der Waals surface area (Å²) in [5.74, 6) is -0.214. The third kappa shape index (κ3) is 6.39. The fraction of sp³-hybridized carbons (Fsp3) is 0.435. The van der Waals surface area contributed by atoms with Crippen LogP contribution in [-0.2, 0) is 21.0 Å². The van der Waals surface area contributed by atoms with Crippen LogP contribution < -0.4 is 14.8 Å². The smallest absolute Gasteiger partial charge is 0.417 e. The average Bonchev–Trinajstić information content (AvgIpc) is 2.83. The molecule has 0 aromatic heterocycles. The number of hydrogen-bond acceptors (Lipinski definition) is 5. The number of sulfonamides is 1. The number of amides is 1. The lowest BCUT2D eigenvalue weighted by Crippen LogP contribution is -2.45. The molecule has 0 spiro atoms. The summed E-state index contributed by atoms with van der Waals surface area (Å²) in [6, 6.07) is 6.67. The van der Waals surface area contributed by atoms with Gasteiger partial charge in [-0.3, -0.25) is 4.79 Å². The summed E-state index contributed by atoms with van der Waals surface area (Å²) in [5.41, 5.74) is -1.24. The predicted molar refractivity (Wildman–Crippen MR) is 125 cm³/mol. The van der Waals surface area contributed by atoms with Gasteiger partial charge in [-0.2, -0.15) is 17.5 Å². The van der Waals surface area contributed by atoms with Gasteiger partial charge in [-0.15, -0.1) is 0 Å². The van der Waals surface area contributed by atoms with Gasteiger partial charge in [-0.25, -0.2) is 8.42 Å². The van der Waals surface area contributed by atoms with Gasteiger partial charge < -0.3 is 14.8 Å². The number of methoxy groups -OCH3 is 2. The van der Waals surface area contributed by atoms with Crippen LogP contribution in [0.4, 0.5) is 18.9 Å². The Morgan fingerprint density at radius 2 is 1.71 bits per heavy atom. The summed E-state index contributed by atoms with van der Waals surface area (Å²) < 4.78 is 78.2. The van der Waals surface area contributed by atoms with E-state index in [1.807, 2.05) is 0 Å². The molecule has 0 heterocycles. The van der Waals surface area contributed by atoms with Gasteiger partial charge in [0, 0.05) is 17.8 Å². The van der Waals surface area contributed by atoms with Crippen molar-refractivity contribution in [2.24, 2.45) is 0 Å². The number of rotatable bonds is 8. The van der Waals surface area contributed by atoms with Gasteiger partial charge in [0.25, 0.3) is 0 Å². The first-order valence-corrected chi connectivity index (χ1v) is 12.7. The van der Waals surface area contributed by atoms with E-state index in [1.165, 1.54) is 38.5 Å². The van der Waals surface area contributed by atoms with Crippen LogP contribution in [0.1, 0.15) is 37.7 Å². The first-order chi connectivity index (χ1) is 16.5. The standard InChI is InChI=1S/C23H26ClF3N2O5S/c1-33-20-11-9-17(13-21(20)34-2)35(31,32)29(16-6-4-3-5-7-16)14-22(30)28-15-8-10-19(24)18(12-15)23(25,26)27/h8-13,16H,3-7,14H2,1-2H3,(H,28,30). The Kier molecular flexibility index (Phi) is 8.55. The van der Waals surface area contributed by atoms with Gasteiger partial charge in [0.05, 0.1) is 36.2 Å². The molecule has 0 atom stereocenters. The molecule has 0 unspecified atom stereocenters. The van der Waals surface area contributed by atoms with Gasteiger partial charge in [0.15, 0.2) is 11.5 Å². The van der Waals surface area contributed by atoms with Gasteiger partial charge >= 0.3 is 6.18 Å². The molecule has 0 aliphatic heterocycles. The number of hydrogen-bond donors (Lipinski definition) is 1. The number of carbonyl (C=O) groups is 1. The number of carbonyl (C=O) groups excluding carboxylic acids is 1. The summed E-state index contributed by atoms with van der Waals surface area (Å²) in [7, 11) is -1.35. The van der Waals surface area contributed by atoms with E-state index in [4.69, 9.17) is 21.1 Å². The second-order valence-electron chi connectivity index (χ2n) is 8.10. The Labute approximate surface area is 207 Å². The fourth-order valence-electron chi connectivity index (χ4n) is 4.05. The Morgan fingerprint density at radius 1 is 1.06 bits per heavy atom. The highest BCUT2D eigenvalue weighted by Crippen LogP contribution is 2.36. The van der Waals surface area contributed by atoms with Crippen molar-refractivity contribution in [1.29, 1.82) is 0 Å². The third-order valence-corrected chi connectivity index (χ3v) is 8.02. The van der Waals surface area contributed by atoms with Crippen LogP contribution in [-0.4, -0.2) is 45.4 Å². The molecule has 2 aromatic rings. The van der Waals surface area contributed by atoms with Crippen molar-refractivity contribution in [2.45, 2.75) is 49.2 Å². The molecule has 1 aliphatic rings. The lowest BCUT2D eigenvalue weighted by molar-refractivity contribution is -0.137. The maximum absolute atomic E-state index is 13.6. The molecule has 1 N–H and O–H groups in total. The number of nitrogens with zero attached hydrogens (tertiary/aromatic N) is 1. The fourth-order valence-corrected chi connectivity index (χ4v) is 5.94. The van der Waals surface area contributed by atoms with Crippen LogP contribution in [0, 0.1) is 0 Å². The molecule has 1 fully saturated rings. The van der Waals surface area contributed by atoms with E-state index in [0.29, 0.717) is 24.7 Å². The highest BCUT2D eigenvalue weighted by Gasteiger charge is 2.36. The van der Waals surface area contributed by atoms with Gasteiger partial charge in [-0.1, -0.05) is 30.9 Å². The zero-order valence-electron chi connectivity index (χ0n) is 19.2. The highest BCUT2D eigenvalue weighted by atomic mass is 35.5. The monoisotopic (exact) mass is 534 g/mol. The molecule has 192 valence electrons. The van der Waals surface area contributed by atoms with Gasteiger partial charge in [0.2, 0.25) is 15.9 Å². The molecule has 1 aliphatic carbocycles. The molecule has 1 saturated carbocycles. The van der Waals surface area contributed by atoms with Crippen molar-refractivity contribution in [2.75, 3.05) is 26.1 Å². The van der Waals surface area contributed by atoms with E-state index in [9.17, 15) is 26.4 Å². The van der Waals surface area contributed by atoms with E-state index in [-0.39, 0.29) is 16.3 Å². The van der Waals surface area contributed by atoms with Crippen molar-refractivity contribution in [3.63, 3.8) is 0 Å². The largest absolute Gasteiger partial charge is 0.493 e. The topological polar surface area (TPSA) is 84.9 Å². The summed E-state index contributed by atoms with van der Waals surface area (Å²) >= 11 is 5.64. The SMILES string of the molecule is COc1ccc(S(=O)(=O)N(CC(=O)Nc2ccc(Cl)c(C(F)(F)F)c2)C2CCCCC2)cc1OC. The molecule has 1 amide bonds. The summed E-state index contributed by atoms with van der Waals surface area (Å²) in [6.45, 7) is -0.564. The van der Waals surface area contributed by atoms with E-state index in [0.717, 1.165) is 29.6 Å². The van der Waals surface area contributed by atoms with Crippen molar-refractivity contribution >= 4 is 33.2 Å². The van der Waals surface area contributed by atoms with Crippen molar-refractivity contribution in [3.8, 4) is 11.5 Å². The number of anilines is 1. The minimum Gasteiger partial charge on any atom is -0.493 e. The Morgan fingerprint density at radius 3 is 2.31 bits per heavy atom. The Hall–Kier alpha value is -2.50. The van der Waals surface area contributed by atoms with Gasteiger partial charge in [-0.05, 0) is 43.2 Å². The number of alkyl halides is 3. The first-order valence-electron chi connectivity index (χ1n) is 10.9. The molecule has 0 radical (unpaired) electrons. The van der Waals surface area contributed by atoms with E-state index in [2.05, 4.69) is 5.32 Å². The maximum Gasteiger partial charge on any atom is 0.417 e. The molecule has 0 saturated heterocycles. The second kappa shape index (κ2) is 11.0. The van der Waals surface area contributed by atoms with Gasteiger partial charge in [0.1, 0.15) is 0 Å². The lowest BCUT2D eigenvalue weighted by Gasteiger charge is -2.33. The van der Waals surface area contributed by atoms with Crippen LogP contribution in [0.3, 0.4) is 0 Å². The molecule has 35 heavy (non-hydrogen) atoms. The van der Waals surface area contributed by atoms with Crippen molar-refractivity contribution < 1.29 is 35.9 Å². The lowest BCUT2D eigenvalue weighted by atomic mass is 9.95. The number of benzene rings is 2. The zero-order valence-corrected chi connectivity index (χ0v) is 20.8. The molecule has 0 bridgehead atoms. The Bertz CT molecular complexity index is 1170. The Balaban J connectivity index is 1.90. The first kappa shape index (κ1) is 27.1. The molecular weight excluding hydrogens is 509 g/mol. The van der Waals surface area contributed by atoms with Crippen molar-refractivity contribution in [1.82, 2.24) is 4.31 Å². The third-order valence-electron chi connectivity index (χ3n) is 5.80. The normalized spacial score (nSPS) is 15.2. The van der Waals surface area contributed by atoms with Crippen molar-refractivity contribution in [3.05, 3.63) is 47.0 Å². The highest BCUT2D eigenvalue weighted by molar-refractivity contribution is 7.89. The summed E-state index contributed by atoms with van der Waals surface area (Å²) in [6.07, 6.45) is -1.01. The van der Waals surface area contributed by atoms with Crippen LogP contribution in [0.5, 0.6) is 11.5 Å². The summed E-state index contributed by atoms with van der Waals surface area (Å²) in [4.78, 5) is 12.8. The molecule has 2 aromatic carbocycles. The summed E-state index contributed by atoms with van der Waals surface area (Å²) in [5, 5.41) is 1.86. The van der Waals surface area contributed by atoms with E-state index >= 15 is 0 Å². The van der Waals surface area contributed by atoms with E-state index in [1.54, 1.807) is 0 Å². The zero-order chi connectivity index (χ0) is 25.8. The molecule has 12 heteroatoms. The number of ether oxygens (including phenoxy) is 2. The minimum absolute atomic E-state index is 0.0839. The number of nitrogens with one attached hydrogen (secondary N) is 1. The second-order valence-corrected chi connectivity index (χ2v) is 10.4. The average molecular weight is 535 g/mol. The quantitative estimate of drug-likeness (QED) is 0.494. The van der Waals surface area contributed by atoms with Crippen LogP contribution in [0.15, 0.2) is 41.3 Å². The molecule has 7 nitrogen and oxygen atoms in total. The number of halogens is 4. The minimum atomic E-state index is -4.71. The van der Waals surface area contributed by atoms with Crippen LogP contribution >= 0.6 is 11.6 Å². The van der Waals surface area contributed by atoms with E-state index < -0.39 is 45.3 Å². The molecular formula is C23H26ClF3N2O5S. The predicted octanol–water partition coefficient (Wildman–Crippen LogP) is 5.34. The van der Waals surface area contributed by atoms with Crippen LogP contribution in [0.25, 0.3) is 0 Å². The van der Waals surface area contributed by atoms with Crippen LogP contribution in [0.2, 0.25) is 5.02 Å². The molecule has 3 rings (SSSR count).